The van der Waals surface area contributed by atoms with E-state index in [9.17, 15) is 4.79 Å². The predicted molar refractivity (Wildman–Crippen MR) is 82.4 cm³/mol. The van der Waals surface area contributed by atoms with Crippen LogP contribution in [0.25, 0.3) is 11.5 Å². The van der Waals surface area contributed by atoms with Crippen LogP contribution in [0.3, 0.4) is 0 Å². The van der Waals surface area contributed by atoms with Gasteiger partial charge >= 0.3 is 0 Å². The first-order valence-electron chi connectivity index (χ1n) is 7.65. The first-order valence-corrected chi connectivity index (χ1v) is 7.65. The van der Waals surface area contributed by atoms with E-state index in [4.69, 9.17) is 9.15 Å². The molecule has 1 atom stereocenters. The number of hydrogen-bond donors (Lipinski definition) is 1. The molecule has 1 saturated heterocycles. The monoisotopic (exact) mass is 300 g/mol. The number of amides is 1. The Labute approximate surface area is 129 Å². The fourth-order valence-electron chi connectivity index (χ4n) is 2.57. The molecule has 1 fully saturated rings. The summed E-state index contributed by atoms with van der Waals surface area (Å²) >= 11 is 0. The molecule has 1 unspecified atom stereocenters. The molecule has 2 aromatic rings. The highest BCUT2D eigenvalue weighted by Crippen LogP contribution is 2.21. The zero-order valence-electron chi connectivity index (χ0n) is 12.7. The number of nitrogens with zero attached hydrogens (tertiary/aromatic N) is 1. The number of nitrogens with one attached hydrogen (secondary N) is 1. The summed E-state index contributed by atoms with van der Waals surface area (Å²) in [6.07, 6.45) is 2.15. The second kappa shape index (κ2) is 6.75. The van der Waals surface area contributed by atoms with Crippen molar-refractivity contribution in [2.24, 2.45) is 0 Å². The molecule has 2 heterocycles. The molecule has 0 saturated carbocycles. The van der Waals surface area contributed by atoms with E-state index in [1.54, 1.807) is 0 Å². The van der Waals surface area contributed by atoms with Gasteiger partial charge in [0.05, 0.1) is 5.69 Å². The van der Waals surface area contributed by atoms with E-state index in [1.807, 2.05) is 37.3 Å². The van der Waals surface area contributed by atoms with Gasteiger partial charge in [0.2, 0.25) is 11.8 Å². The first kappa shape index (κ1) is 14.8. The Balaban J connectivity index is 1.57. The maximum atomic E-state index is 11.9. The van der Waals surface area contributed by atoms with E-state index in [2.05, 4.69) is 10.3 Å². The van der Waals surface area contributed by atoms with Gasteiger partial charge in [0.15, 0.2) is 0 Å². The van der Waals surface area contributed by atoms with Crippen LogP contribution in [0.2, 0.25) is 0 Å². The maximum absolute atomic E-state index is 11.9. The largest absolute Gasteiger partial charge is 0.441 e. The van der Waals surface area contributed by atoms with E-state index in [-0.39, 0.29) is 12.0 Å². The van der Waals surface area contributed by atoms with Crippen molar-refractivity contribution in [3.05, 3.63) is 41.8 Å². The molecule has 1 N–H and O–H groups in total. The summed E-state index contributed by atoms with van der Waals surface area (Å²) in [5.41, 5.74) is 1.84. The van der Waals surface area contributed by atoms with Crippen molar-refractivity contribution in [1.29, 1.82) is 0 Å². The van der Waals surface area contributed by atoms with Crippen molar-refractivity contribution < 1.29 is 13.9 Å². The fraction of sp³-hybridized carbons (Fsp3) is 0.412. The highest BCUT2D eigenvalue weighted by atomic mass is 16.5. The van der Waals surface area contributed by atoms with Crippen LogP contribution in [0.15, 0.2) is 34.7 Å². The lowest BCUT2D eigenvalue weighted by Gasteiger charge is -2.09. The van der Waals surface area contributed by atoms with Crippen molar-refractivity contribution in [1.82, 2.24) is 10.3 Å². The second-order valence-electron chi connectivity index (χ2n) is 5.43. The van der Waals surface area contributed by atoms with E-state index in [1.165, 1.54) is 0 Å². The van der Waals surface area contributed by atoms with Crippen LogP contribution in [0, 0.1) is 6.92 Å². The Kier molecular flexibility index (Phi) is 4.53. The normalized spacial score (nSPS) is 17.6. The van der Waals surface area contributed by atoms with Crippen molar-refractivity contribution in [3.63, 3.8) is 0 Å². The molecule has 22 heavy (non-hydrogen) atoms. The minimum atomic E-state index is -0.279. The van der Waals surface area contributed by atoms with Crippen molar-refractivity contribution in [2.75, 3.05) is 13.2 Å². The van der Waals surface area contributed by atoms with Gasteiger partial charge < -0.3 is 14.5 Å². The summed E-state index contributed by atoms with van der Waals surface area (Å²) in [5.74, 6) is 1.39. The fourth-order valence-corrected chi connectivity index (χ4v) is 2.57. The number of rotatable bonds is 5. The molecule has 1 aliphatic rings. The number of aromatic nitrogens is 1. The smallest absolute Gasteiger partial charge is 0.249 e. The van der Waals surface area contributed by atoms with Gasteiger partial charge in [0.25, 0.3) is 0 Å². The minimum absolute atomic E-state index is 0.0260. The van der Waals surface area contributed by atoms with Crippen LogP contribution in [-0.2, 0) is 16.0 Å². The first-order chi connectivity index (χ1) is 10.7. The van der Waals surface area contributed by atoms with Gasteiger partial charge in [-0.25, -0.2) is 4.98 Å². The van der Waals surface area contributed by atoms with E-state index < -0.39 is 0 Å². The minimum Gasteiger partial charge on any atom is -0.441 e. The number of oxazole rings is 1. The third-order valence-electron chi connectivity index (χ3n) is 3.80. The Morgan fingerprint density at radius 2 is 2.18 bits per heavy atom. The molecular weight excluding hydrogens is 280 g/mol. The lowest BCUT2D eigenvalue weighted by Crippen LogP contribution is -2.35. The second-order valence-corrected chi connectivity index (χ2v) is 5.43. The third-order valence-corrected chi connectivity index (χ3v) is 3.80. The molecule has 0 aliphatic carbocycles. The average Bonchev–Trinajstić information content (AvgIpc) is 3.18. The quantitative estimate of drug-likeness (QED) is 0.921. The summed E-state index contributed by atoms with van der Waals surface area (Å²) < 4.78 is 11.1. The summed E-state index contributed by atoms with van der Waals surface area (Å²) in [5, 5.41) is 2.90. The number of carbonyl (C=O) groups excluding carboxylic acids is 1. The van der Waals surface area contributed by atoms with Crippen LogP contribution in [0.4, 0.5) is 0 Å². The predicted octanol–water partition coefficient (Wildman–Crippen LogP) is 2.49. The van der Waals surface area contributed by atoms with Gasteiger partial charge in [0.1, 0.15) is 11.9 Å². The Morgan fingerprint density at radius 1 is 1.36 bits per heavy atom. The highest BCUT2D eigenvalue weighted by molar-refractivity contribution is 5.80. The van der Waals surface area contributed by atoms with Gasteiger partial charge in [-0.05, 0) is 31.9 Å². The lowest BCUT2D eigenvalue weighted by molar-refractivity contribution is -0.129. The molecule has 1 aliphatic heterocycles. The number of ether oxygens (including phenoxy) is 1. The molecule has 1 amide bonds. The summed E-state index contributed by atoms with van der Waals surface area (Å²) in [6.45, 7) is 3.12. The zero-order chi connectivity index (χ0) is 15.4. The van der Waals surface area contributed by atoms with Crippen LogP contribution in [-0.4, -0.2) is 30.1 Å². The van der Waals surface area contributed by atoms with Crippen LogP contribution < -0.4 is 5.32 Å². The van der Waals surface area contributed by atoms with Crippen molar-refractivity contribution >= 4 is 5.91 Å². The average molecular weight is 300 g/mol. The van der Waals surface area contributed by atoms with Gasteiger partial charge in [-0.15, -0.1) is 0 Å². The molecule has 1 aromatic carbocycles. The molecular formula is C17H20N2O3. The topological polar surface area (TPSA) is 64.4 Å². The SMILES string of the molecule is Cc1oc(-c2ccccc2)nc1CCNC(=O)C1CCCO1. The van der Waals surface area contributed by atoms with Gasteiger partial charge in [-0.1, -0.05) is 18.2 Å². The molecule has 0 radical (unpaired) electrons. The van der Waals surface area contributed by atoms with Crippen LogP contribution in [0.1, 0.15) is 24.3 Å². The molecule has 0 bridgehead atoms. The van der Waals surface area contributed by atoms with Crippen molar-refractivity contribution in [3.8, 4) is 11.5 Å². The van der Waals surface area contributed by atoms with E-state index in [0.717, 1.165) is 29.9 Å². The molecule has 5 heteroatoms. The molecule has 5 nitrogen and oxygen atoms in total. The third kappa shape index (κ3) is 3.36. The summed E-state index contributed by atoms with van der Waals surface area (Å²) in [7, 11) is 0. The number of aryl methyl sites for hydroxylation is 1. The summed E-state index contributed by atoms with van der Waals surface area (Å²) in [4.78, 5) is 16.4. The van der Waals surface area contributed by atoms with E-state index >= 15 is 0 Å². The molecule has 116 valence electrons. The van der Waals surface area contributed by atoms with Gasteiger partial charge in [0, 0.05) is 25.1 Å². The molecule has 3 rings (SSSR count). The van der Waals surface area contributed by atoms with Crippen LogP contribution in [0.5, 0.6) is 0 Å². The Morgan fingerprint density at radius 3 is 2.91 bits per heavy atom. The van der Waals surface area contributed by atoms with Crippen molar-refractivity contribution in [2.45, 2.75) is 32.3 Å². The number of hydrogen-bond acceptors (Lipinski definition) is 4. The van der Waals surface area contributed by atoms with Crippen LogP contribution >= 0.6 is 0 Å². The lowest BCUT2D eigenvalue weighted by atomic mass is 10.2. The van der Waals surface area contributed by atoms with Gasteiger partial charge in [-0.3, -0.25) is 4.79 Å². The highest BCUT2D eigenvalue weighted by Gasteiger charge is 2.23. The van der Waals surface area contributed by atoms with Gasteiger partial charge in [-0.2, -0.15) is 0 Å². The summed E-state index contributed by atoms with van der Waals surface area (Å²) in [6, 6.07) is 9.80. The van der Waals surface area contributed by atoms with E-state index in [0.29, 0.717) is 25.5 Å². The Bertz CT molecular complexity index is 631. The zero-order valence-corrected chi connectivity index (χ0v) is 12.7. The molecule has 0 spiro atoms. The number of carbonyl (C=O) groups is 1. The molecule has 1 aromatic heterocycles. The standard InChI is InChI=1S/C17H20N2O3/c1-12-14(9-10-18-16(20)15-8-5-11-21-15)19-17(22-12)13-6-3-2-4-7-13/h2-4,6-7,15H,5,8-11H2,1H3,(H,18,20). The Hall–Kier alpha value is -2.14. The number of benzene rings is 1. The maximum Gasteiger partial charge on any atom is 0.249 e.